The number of nitrogens with zero attached hydrogens (tertiary/aromatic N) is 3. The molecule has 7 heteroatoms. The first-order valence-electron chi connectivity index (χ1n) is 7.08. The fourth-order valence-corrected chi connectivity index (χ4v) is 2.71. The van der Waals surface area contributed by atoms with E-state index in [9.17, 15) is 4.79 Å². The molecule has 21 heavy (non-hydrogen) atoms. The number of amides is 2. The van der Waals surface area contributed by atoms with Crippen molar-refractivity contribution >= 4 is 23.1 Å². The zero-order valence-corrected chi connectivity index (χ0v) is 13.4. The van der Waals surface area contributed by atoms with Crippen LogP contribution in [0, 0.1) is 6.92 Å². The average Bonchev–Trinajstić information content (AvgIpc) is 3.06. The normalized spacial score (nSPS) is 12.1. The zero-order chi connectivity index (χ0) is 15.2. The molecule has 6 nitrogen and oxygen atoms in total. The molecule has 0 aliphatic heterocycles. The maximum absolute atomic E-state index is 11.8. The van der Waals surface area contributed by atoms with E-state index in [0.29, 0.717) is 12.2 Å². The van der Waals surface area contributed by atoms with Gasteiger partial charge in [0.1, 0.15) is 0 Å². The van der Waals surface area contributed by atoms with Gasteiger partial charge in [0.25, 0.3) is 0 Å². The molecule has 0 spiro atoms. The third-order valence-electron chi connectivity index (χ3n) is 2.97. The highest BCUT2D eigenvalue weighted by molar-refractivity contribution is 7.11. The zero-order valence-electron chi connectivity index (χ0n) is 12.6. The van der Waals surface area contributed by atoms with E-state index in [4.69, 9.17) is 0 Å². The first-order chi connectivity index (χ1) is 10.1. The molecule has 0 fully saturated rings. The SMILES string of the molecule is CCCn1cc(NC(=O)NCC(C)c2ncc(C)s2)cn1. The molecule has 0 aliphatic rings. The molecule has 2 amide bonds. The van der Waals surface area contributed by atoms with Crippen LogP contribution in [0.4, 0.5) is 10.5 Å². The van der Waals surface area contributed by atoms with Crippen molar-refractivity contribution in [1.82, 2.24) is 20.1 Å². The molecule has 2 N–H and O–H groups in total. The van der Waals surface area contributed by atoms with Crippen molar-refractivity contribution in [2.75, 3.05) is 11.9 Å². The molecule has 2 aromatic heterocycles. The molecule has 0 saturated carbocycles. The number of urea groups is 1. The van der Waals surface area contributed by atoms with Crippen LogP contribution in [-0.4, -0.2) is 27.3 Å². The van der Waals surface area contributed by atoms with Gasteiger partial charge in [-0.2, -0.15) is 5.10 Å². The first kappa shape index (κ1) is 15.5. The van der Waals surface area contributed by atoms with Gasteiger partial charge >= 0.3 is 6.03 Å². The molecule has 0 aliphatic carbocycles. The highest BCUT2D eigenvalue weighted by atomic mass is 32.1. The summed E-state index contributed by atoms with van der Waals surface area (Å²) in [7, 11) is 0. The Labute approximate surface area is 128 Å². The van der Waals surface area contributed by atoms with Crippen LogP contribution in [0.5, 0.6) is 0 Å². The monoisotopic (exact) mass is 307 g/mol. The Morgan fingerprint density at radius 2 is 2.29 bits per heavy atom. The van der Waals surface area contributed by atoms with Crippen molar-refractivity contribution in [2.45, 2.75) is 39.7 Å². The number of hydrogen-bond acceptors (Lipinski definition) is 4. The molecule has 2 aromatic rings. The Bertz CT molecular complexity index is 592. The molecule has 2 heterocycles. The second kappa shape index (κ2) is 7.21. The maximum Gasteiger partial charge on any atom is 0.319 e. The lowest BCUT2D eigenvalue weighted by molar-refractivity contribution is 0.251. The van der Waals surface area contributed by atoms with Crippen LogP contribution in [-0.2, 0) is 6.54 Å². The largest absolute Gasteiger partial charge is 0.337 e. The van der Waals surface area contributed by atoms with Crippen molar-refractivity contribution in [3.63, 3.8) is 0 Å². The van der Waals surface area contributed by atoms with Crippen molar-refractivity contribution in [3.8, 4) is 0 Å². The summed E-state index contributed by atoms with van der Waals surface area (Å²) in [6.45, 7) is 7.58. The van der Waals surface area contributed by atoms with E-state index in [1.54, 1.807) is 17.5 Å². The molecule has 2 rings (SSSR count). The van der Waals surface area contributed by atoms with E-state index >= 15 is 0 Å². The Kier molecular flexibility index (Phi) is 5.32. The van der Waals surface area contributed by atoms with E-state index in [1.165, 1.54) is 4.88 Å². The lowest BCUT2D eigenvalue weighted by Gasteiger charge is -2.10. The van der Waals surface area contributed by atoms with Crippen LogP contribution in [0.2, 0.25) is 0 Å². The van der Waals surface area contributed by atoms with Gasteiger partial charge in [0.2, 0.25) is 0 Å². The number of nitrogens with one attached hydrogen (secondary N) is 2. The second-order valence-corrected chi connectivity index (χ2v) is 6.30. The maximum atomic E-state index is 11.8. The number of rotatable bonds is 6. The smallest absolute Gasteiger partial charge is 0.319 e. The lowest BCUT2D eigenvalue weighted by Crippen LogP contribution is -2.31. The van der Waals surface area contributed by atoms with E-state index < -0.39 is 0 Å². The molecular formula is C14H21N5OS. The average molecular weight is 307 g/mol. The Balaban J connectivity index is 1.78. The van der Waals surface area contributed by atoms with E-state index in [-0.39, 0.29) is 11.9 Å². The summed E-state index contributed by atoms with van der Waals surface area (Å²) in [6, 6.07) is -0.217. The Morgan fingerprint density at radius 3 is 2.95 bits per heavy atom. The number of thiazole rings is 1. The fraction of sp³-hybridized carbons (Fsp3) is 0.500. The highest BCUT2D eigenvalue weighted by Crippen LogP contribution is 2.20. The Morgan fingerprint density at radius 1 is 1.48 bits per heavy atom. The summed E-state index contributed by atoms with van der Waals surface area (Å²) in [5, 5.41) is 10.9. The van der Waals surface area contributed by atoms with Crippen molar-refractivity contribution in [1.29, 1.82) is 0 Å². The minimum Gasteiger partial charge on any atom is -0.337 e. The lowest BCUT2D eigenvalue weighted by atomic mass is 10.2. The molecule has 114 valence electrons. The highest BCUT2D eigenvalue weighted by Gasteiger charge is 2.11. The fourth-order valence-electron chi connectivity index (χ4n) is 1.89. The standard InChI is InChI=1S/C14H21N5OS/c1-4-5-19-9-12(8-17-19)18-14(20)16-6-10(2)13-15-7-11(3)21-13/h7-10H,4-6H2,1-3H3,(H2,16,18,20). The van der Waals surface area contributed by atoms with Gasteiger partial charge in [-0.25, -0.2) is 9.78 Å². The summed E-state index contributed by atoms with van der Waals surface area (Å²) in [5.74, 6) is 0.206. The van der Waals surface area contributed by atoms with Gasteiger partial charge in [-0.3, -0.25) is 4.68 Å². The van der Waals surface area contributed by atoms with Crippen LogP contribution >= 0.6 is 11.3 Å². The Hall–Kier alpha value is -1.89. The molecule has 1 unspecified atom stereocenters. The number of hydrogen-bond donors (Lipinski definition) is 2. The molecule has 1 atom stereocenters. The molecule has 0 saturated heterocycles. The van der Waals surface area contributed by atoms with Gasteiger partial charge < -0.3 is 10.6 Å². The molecule has 0 radical (unpaired) electrons. The van der Waals surface area contributed by atoms with Gasteiger partial charge in [-0.15, -0.1) is 11.3 Å². The van der Waals surface area contributed by atoms with Crippen LogP contribution in [0.3, 0.4) is 0 Å². The van der Waals surface area contributed by atoms with Gasteiger partial charge in [-0.1, -0.05) is 13.8 Å². The first-order valence-corrected chi connectivity index (χ1v) is 7.89. The van der Waals surface area contributed by atoms with Gasteiger partial charge in [-0.05, 0) is 13.3 Å². The predicted molar refractivity (Wildman–Crippen MR) is 84.8 cm³/mol. The van der Waals surface area contributed by atoms with Crippen molar-refractivity contribution < 1.29 is 4.79 Å². The molecule has 0 aromatic carbocycles. The number of carbonyl (C=O) groups is 1. The van der Waals surface area contributed by atoms with Crippen molar-refractivity contribution in [2.24, 2.45) is 0 Å². The number of carbonyl (C=O) groups excluding carboxylic acids is 1. The summed E-state index contributed by atoms with van der Waals surface area (Å²) >= 11 is 1.66. The van der Waals surface area contributed by atoms with Gasteiger partial charge in [0.15, 0.2) is 0 Å². The quantitative estimate of drug-likeness (QED) is 0.861. The van der Waals surface area contributed by atoms with Crippen LogP contribution in [0.15, 0.2) is 18.6 Å². The summed E-state index contributed by atoms with van der Waals surface area (Å²) in [4.78, 5) is 17.4. The summed E-state index contributed by atoms with van der Waals surface area (Å²) in [6.07, 6.45) is 6.36. The number of aromatic nitrogens is 3. The van der Waals surface area contributed by atoms with E-state index in [2.05, 4.69) is 34.6 Å². The van der Waals surface area contributed by atoms with E-state index in [0.717, 1.165) is 18.0 Å². The van der Waals surface area contributed by atoms with Gasteiger partial charge in [0.05, 0.1) is 16.9 Å². The topological polar surface area (TPSA) is 71.8 Å². The van der Waals surface area contributed by atoms with Gasteiger partial charge in [0, 0.05) is 36.3 Å². The predicted octanol–water partition coefficient (Wildman–Crippen LogP) is 2.98. The van der Waals surface area contributed by atoms with Crippen LogP contribution in [0.1, 0.15) is 36.1 Å². The van der Waals surface area contributed by atoms with E-state index in [1.807, 2.05) is 24.0 Å². The summed E-state index contributed by atoms with van der Waals surface area (Å²) < 4.78 is 1.82. The molecular weight excluding hydrogens is 286 g/mol. The molecule has 0 bridgehead atoms. The second-order valence-electron chi connectivity index (χ2n) is 5.04. The minimum atomic E-state index is -0.217. The minimum absolute atomic E-state index is 0.206. The third-order valence-corrected chi connectivity index (χ3v) is 4.12. The van der Waals surface area contributed by atoms with Crippen LogP contribution < -0.4 is 10.6 Å². The third kappa shape index (κ3) is 4.56. The number of aryl methyl sites for hydroxylation is 2. The van der Waals surface area contributed by atoms with Crippen LogP contribution in [0.25, 0.3) is 0 Å². The summed E-state index contributed by atoms with van der Waals surface area (Å²) in [5.41, 5.74) is 0.707. The number of anilines is 1. The van der Waals surface area contributed by atoms with Crippen molar-refractivity contribution in [3.05, 3.63) is 28.5 Å².